The number of nitrogens with one attached hydrogen (secondary N) is 2. The molecule has 0 saturated carbocycles. The summed E-state index contributed by atoms with van der Waals surface area (Å²) in [5.41, 5.74) is 0.279. The van der Waals surface area contributed by atoms with E-state index in [0.717, 1.165) is 6.42 Å². The van der Waals surface area contributed by atoms with Crippen LogP contribution in [0.25, 0.3) is 5.78 Å². The Morgan fingerprint density at radius 1 is 1.20 bits per heavy atom. The van der Waals surface area contributed by atoms with Crippen molar-refractivity contribution < 1.29 is 4.79 Å². The lowest BCUT2D eigenvalue weighted by molar-refractivity contribution is -0.123. The predicted molar refractivity (Wildman–Crippen MR) is 95.5 cm³/mol. The average Bonchev–Trinajstić information content (AvgIpc) is 2.96. The van der Waals surface area contributed by atoms with Gasteiger partial charge in [0.2, 0.25) is 11.7 Å². The number of anilines is 1. The minimum atomic E-state index is -0.578. The quantitative estimate of drug-likeness (QED) is 0.762. The normalized spacial score (nSPS) is 11.6. The van der Waals surface area contributed by atoms with Gasteiger partial charge in [0.1, 0.15) is 5.82 Å². The van der Waals surface area contributed by atoms with Crippen molar-refractivity contribution in [3.63, 3.8) is 0 Å². The van der Waals surface area contributed by atoms with Crippen molar-refractivity contribution in [1.29, 1.82) is 0 Å². The number of aryl methyl sites for hydroxylation is 2. The number of amides is 1. The van der Waals surface area contributed by atoms with E-state index in [1.54, 1.807) is 20.8 Å². The number of hydrogen-bond acceptors (Lipinski definition) is 4. The summed E-state index contributed by atoms with van der Waals surface area (Å²) in [5, 5.41) is 7.18. The number of aromatic amines is 1. The zero-order chi connectivity index (χ0) is 18.0. The molecule has 3 rings (SSSR count). The van der Waals surface area contributed by atoms with E-state index in [4.69, 9.17) is 0 Å². The smallest absolute Gasteiger partial charge is 0.254 e. The Labute approximate surface area is 145 Å². The summed E-state index contributed by atoms with van der Waals surface area (Å²) in [4.78, 5) is 31.1. The largest absolute Gasteiger partial charge is 0.310 e. The van der Waals surface area contributed by atoms with Crippen molar-refractivity contribution in [3.8, 4) is 0 Å². The zero-order valence-corrected chi connectivity index (χ0v) is 14.5. The van der Waals surface area contributed by atoms with Crippen LogP contribution in [0.15, 0.2) is 41.2 Å². The lowest BCUT2D eigenvalue weighted by Gasteiger charge is -2.17. The van der Waals surface area contributed by atoms with Crippen molar-refractivity contribution in [2.45, 2.75) is 33.6 Å². The third-order valence-corrected chi connectivity index (χ3v) is 3.78. The average molecular weight is 339 g/mol. The molecular formula is C18H21N5O2. The topological polar surface area (TPSA) is 92.1 Å². The first-order valence-corrected chi connectivity index (χ1v) is 8.17. The molecule has 0 atom stereocenters. The first-order valence-electron chi connectivity index (χ1n) is 8.17. The summed E-state index contributed by atoms with van der Waals surface area (Å²) in [6.07, 6.45) is 1.44. The second-order valence-electron chi connectivity index (χ2n) is 6.97. The van der Waals surface area contributed by atoms with Crippen LogP contribution in [-0.4, -0.2) is 25.5 Å². The molecule has 0 aliphatic heterocycles. The van der Waals surface area contributed by atoms with Gasteiger partial charge in [0.05, 0.1) is 0 Å². The molecule has 1 amide bonds. The van der Waals surface area contributed by atoms with Gasteiger partial charge in [0.25, 0.3) is 5.56 Å². The predicted octanol–water partition coefficient (Wildman–Crippen LogP) is 2.19. The number of fused-ring (bicyclic) bond motifs is 1. The Balaban J connectivity index is 1.87. The number of benzene rings is 1. The molecule has 130 valence electrons. The molecule has 0 spiro atoms. The number of H-pyrrole nitrogens is 1. The fourth-order valence-electron chi connectivity index (χ4n) is 2.33. The highest BCUT2D eigenvalue weighted by Crippen LogP contribution is 2.17. The Morgan fingerprint density at radius 2 is 1.92 bits per heavy atom. The second kappa shape index (κ2) is 6.51. The van der Waals surface area contributed by atoms with Crippen molar-refractivity contribution in [3.05, 3.63) is 58.1 Å². The van der Waals surface area contributed by atoms with Crippen LogP contribution in [0.4, 0.5) is 5.82 Å². The van der Waals surface area contributed by atoms with Gasteiger partial charge in [-0.3, -0.25) is 14.6 Å². The SMILES string of the molecule is CC(C)(C)C(=O)Nc1cc(=O)[nH]c2nc(CCc3ccccc3)nn12. The first kappa shape index (κ1) is 16.9. The van der Waals surface area contributed by atoms with Crippen molar-refractivity contribution >= 4 is 17.5 Å². The van der Waals surface area contributed by atoms with Gasteiger partial charge in [-0.1, -0.05) is 51.1 Å². The molecule has 0 saturated heterocycles. The minimum Gasteiger partial charge on any atom is -0.310 e. The Kier molecular flexibility index (Phi) is 4.39. The summed E-state index contributed by atoms with van der Waals surface area (Å²) >= 11 is 0. The molecule has 0 radical (unpaired) electrons. The lowest BCUT2D eigenvalue weighted by Crippen LogP contribution is -2.29. The van der Waals surface area contributed by atoms with E-state index >= 15 is 0 Å². The Morgan fingerprint density at radius 3 is 2.60 bits per heavy atom. The number of nitrogens with zero attached hydrogens (tertiary/aromatic N) is 3. The standard InChI is InChI=1S/C18H21N5O2/c1-18(2,3)16(25)20-14-11-15(24)21-17-19-13(22-23(14)17)10-9-12-7-5-4-6-8-12/h4-8,11H,9-10H2,1-3H3,(H,20,25)(H,19,21,22,24). The van der Waals surface area contributed by atoms with Gasteiger partial charge in [-0.15, -0.1) is 5.10 Å². The monoisotopic (exact) mass is 339 g/mol. The Hall–Kier alpha value is -2.96. The Bertz CT molecular complexity index is 951. The van der Waals surface area contributed by atoms with Crippen molar-refractivity contribution in [2.75, 3.05) is 5.32 Å². The third kappa shape index (κ3) is 3.93. The molecule has 1 aromatic carbocycles. The molecule has 0 aliphatic carbocycles. The summed E-state index contributed by atoms with van der Waals surface area (Å²) in [7, 11) is 0. The molecule has 0 aliphatic rings. The van der Waals surface area contributed by atoms with Crippen molar-refractivity contribution in [1.82, 2.24) is 19.6 Å². The molecule has 3 aromatic rings. The van der Waals surface area contributed by atoms with Gasteiger partial charge in [-0.05, 0) is 12.0 Å². The number of aromatic nitrogens is 4. The van der Waals surface area contributed by atoms with E-state index in [0.29, 0.717) is 23.8 Å². The highest BCUT2D eigenvalue weighted by atomic mass is 16.2. The molecule has 2 N–H and O–H groups in total. The van der Waals surface area contributed by atoms with Crippen LogP contribution in [0.1, 0.15) is 32.2 Å². The van der Waals surface area contributed by atoms with Crippen LogP contribution in [0.5, 0.6) is 0 Å². The molecule has 7 nitrogen and oxygen atoms in total. The molecule has 2 aromatic heterocycles. The van der Waals surface area contributed by atoms with Crippen LogP contribution in [0.3, 0.4) is 0 Å². The van der Waals surface area contributed by atoms with E-state index in [-0.39, 0.29) is 11.5 Å². The van der Waals surface area contributed by atoms with Gasteiger partial charge in [-0.2, -0.15) is 9.50 Å². The molecule has 0 fully saturated rings. The summed E-state index contributed by atoms with van der Waals surface area (Å²) in [6, 6.07) is 11.4. The number of carbonyl (C=O) groups excluding carboxylic acids is 1. The molecule has 7 heteroatoms. The van der Waals surface area contributed by atoms with Crippen LogP contribution >= 0.6 is 0 Å². The van der Waals surface area contributed by atoms with E-state index in [2.05, 4.69) is 20.4 Å². The zero-order valence-electron chi connectivity index (χ0n) is 14.5. The van der Waals surface area contributed by atoms with Crippen LogP contribution in [0.2, 0.25) is 0 Å². The van der Waals surface area contributed by atoms with Gasteiger partial charge < -0.3 is 5.32 Å². The fraction of sp³-hybridized carbons (Fsp3) is 0.333. The molecule has 0 unspecified atom stereocenters. The number of hydrogen-bond donors (Lipinski definition) is 2. The second-order valence-corrected chi connectivity index (χ2v) is 6.97. The van der Waals surface area contributed by atoms with Crippen molar-refractivity contribution in [2.24, 2.45) is 5.41 Å². The van der Waals surface area contributed by atoms with Crippen LogP contribution in [-0.2, 0) is 17.6 Å². The van der Waals surface area contributed by atoms with E-state index in [1.807, 2.05) is 30.3 Å². The highest BCUT2D eigenvalue weighted by molar-refractivity contribution is 5.93. The third-order valence-electron chi connectivity index (χ3n) is 3.78. The number of carbonyl (C=O) groups is 1. The van der Waals surface area contributed by atoms with E-state index in [9.17, 15) is 9.59 Å². The van der Waals surface area contributed by atoms with Gasteiger partial charge >= 0.3 is 0 Å². The molecule has 25 heavy (non-hydrogen) atoms. The molecule has 0 bridgehead atoms. The fourth-order valence-corrected chi connectivity index (χ4v) is 2.33. The van der Waals surface area contributed by atoms with Crippen LogP contribution in [0, 0.1) is 5.41 Å². The van der Waals surface area contributed by atoms with Crippen LogP contribution < -0.4 is 10.9 Å². The summed E-state index contributed by atoms with van der Waals surface area (Å²) in [6.45, 7) is 5.41. The maximum Gasteiger partial charge on any atom is 0.254 e. The number of rotatable bonds is 4. The first-order chi connectivity index (χ1) is 11.8. The van der Waals surface area contributed by atoms with Gasteiger partial charge in [0.15, 0.2) is 5.82 Å². The summed E-state index contributed by atoms with van der Waals surface area (Å²) < 4.78 is 1.46. The molecular weight excluding hydrogens is 318 g/mol. The summed E-state index contributed by atoms with van der Waals surface area (Å²) in [5.74, 6) is 1.05. The lowest BCUT2D eigenvalue weighted by atomic mass is 9.96. The van der Waals surface area contributed by atoms with E-state index < -0.39 is 5.41 Å². The van der Waals surface area contributed by atoms with E-state index in [1.165, 1.54) is 16.1 Å². The highest BCUT2D eigenvalue weighted by Gasteiger charge is 2.22. The minimum absolute atomic E-state index is 0.194. The molecule has 2 heterocycles. The van der Waals surface area contributed by atoms with Gasteiger partial charge in [0, 0.05) is 17.9 Å². The maximum absolute atomic E-state index is 12.2. The van der Waals surface area contributed by atoms with Gasteiger partial charge in [-0.25, -0.2) is 0 Å². The maximum atomic E-state index is 12.2.